The average molecular weight is 356 g/mol. The number of thiophene rings is 1. The highest BCUT2D eigenvalue weighted by Gasteiger charge is 2.07. The highest BCUT2D eigenvalue weighted by molar-refractivity contribution is 9.10. The van der Waals surface area contributed by atoms with Crippen LogP contribution < -0.4 is 0 Å². The zero-order chi connectivity index (χ0) is 13.4. The third kappa shape index (κ3) is 2.83. The molecule has 0 saturated heterocycles. The van der Waals surface area contributed by atoms with E-state index < -0.39 is 0 Å². The standard InChI is InChI=1S/C15H9BrClFS/c16-11-2-4-14(17)10(5-11)7-13-6-9-1-3-12(18)8-15(9)19-13/h1-6,8H,7H2. The molecule has 0 unspecified atom stereocenters. The van der Waals surface area contributed by atoms with Crippen molar-refractivity contribution in [3.63, 3.8) is 0 Å². The fourth-order valence-electron chi connectivity index (χ4n) is 2.01. The number of hydrogen-bond donors (Lipinski definition) is 0. The van der Waals surface area contributed by atoms with Crippen LogP contribution >= 0.6 is 38.9 Å². The Bertz CT molecular complexity index is 751. The molecule has 0 aliphatic heterocycles. The Kier molecular flexibility index (Phi) is 3.61. The molecule has 3 aromatic rings. The van der Waals surface area contributed by atoms with E-state index in [1.807, 2.05) is 24.3 Å². The van der Waals surface area contributed by atoms with Crippen LogP contribution in [0.4, 0.5) is 4.39 Å². The van der Waals surface area contributed by atoms with Gasteiger partial charge in [-0.15, -0.1) is 11.3 Å². The van der Waals surface area contributed by atoms with Crippen molar-refractivity contribution < 1.29 is 4.39 Å². The van der Waals surface area contributed by atoms with Crippen molar-refractivity contribution in [3.05, 3.63) is 68.2 Å². The molecule has 0 N–H and O–H groups in total. The summed E-state index contributed by atoms with van der Waals surface area (Å²) in [5.41, 5.74) is 1.07. The van der Waals surface area contributed by atoms with Gasteiger partial charge in [-0.05, 0) is 47.3 Å². The van der Waals surface area contributed by atoms with Gasteiger partial charge in [0.1, 0.15) is 5.82 Å². The van der Waals surface area contributed by atoms with Crippen LogP contribution in [0.5, 0.6) is 0 Å². The molecule has 0 fully saturated rings. The monoisotopic (exact) mass is 354 g/mol. The Balaban J connectivity index is 1.98. The van der Waals surface area contributed by atoms with Crippen LogP contribution in [0, 0.1) is 5.82 Å². The van der Waals surface area contributed by atoms with Gasteiger partial charge in [-0.25, -0.2) is 4.39 Å². The molecule has 0 radical (unpaired) electrons. The van der Waals surface area contributed by atoms with Gasteiger partial charge in [0.2, 0.25) is 0 Å². The highest BCUT2D eigenvalue weighted by atomic mass is 79.9. The second kappa shape index (κ2) is 5.23. The van der Waals surface area contributed by atoms with Gasteiger partial charge in [0, 0.05) is 25.5 Å². The number of fused-ring (bicyclic) bond motifs is 1. The quantitative estimate of drug-likeness (QED) is 0.525. The van der Waals surface area contributed by atoms with Crippen molar-refractivity contribution in [2.75, 3.05) is 0 Å². The zero-order valence-corrected chi connectivity index (χ0v) is 12.9. The summed E-state index contributed by atoms with van der Waals surface area (Å²) >= 11 is 11.2. The maximum absolute atomic E-state index is 13.2. The molecule has 1 heterocycles. The summed E-state index contributed by atoms with van der Waals surface area (Å²) in [6, 6.07) is 12.8. The van der Waals surface area contributed by atoms with Crippen LogP contribution in [0.1, 0.15) is 10.4 Å². The van der Waals surface area contributed by atoms with Gasteiger partial charge in [-0.1, -0.05) is 33.6 Å². The third-order valence-corrected chi connectivity index (χ3v) is 4.87. The van der Waals surface area contributed by atoms with E-state index >= 15 is 0 Å². The topological polar surface area (TPSA) is 0 Å². The Hall–Kier alpha value is -0.900. The lowest BCUT2D eigenvalue weighted by atomic mass is 10.1. The minimum absolute atomic E-state index is 0.193. The molecule has 0 saturated carbocycles. The van der Waals surface area contributed by atoms with Crippen molar-refractivity contribution in [2.45, 2.75) is 6.42 Å². The number of rotatable bonds is 2. The SMILES string of the molecule is Fc1ccc2cc(Cc3cc(Br)ccc3Cl)sc2c1. The molecule has 19 heavy (non-hydrogen) atoms. The molecule has 3 rings (SSSR count). The molecule has 0 nitrogen and oxygen atoms in total. The van der Waals surface area contributed by atoms with Gasteiger partial charge < -0.3 is 0 Å². The van der Waals surface area contributed by atoms with Crippen LogP contribution in [-0.2, 0) is 6.42 Å². The van der Waals surface area contributed by atoms with Crippen LogP contribution in [0.3, 0.4) is 0 Å². The van der Waals surface area contributed by atoms with E-state index in [1.165, 1.54) is 10.9 Å². The lowest BCUT2D eigenvalue weighted by Crippen LogP contribution is -1.86. The summed E-state index contributed by atoms with van der Waals surface area (Å²) in [7, 11) is 0. The average Bonchev–Trinajstić information content (AvgIpc) is 2.75. The minimum Gasteiger partial charge on any atom is -0.207 e. The van der Waals surface area contributed by atoms with Gasteiger partial charge in [0.05, 0.1) is 0 Å². The van der Waals surface area contributed by atoms with E-state index in [0.717, 1.165) is 31.6 Å². The third-order valence-electron chi connectivity index (χ3n) is 2.91. The summed E-state index contributed by atoms with van der Waals surface area (Å²) in [6.07, 6.45) is 0.763. The summed E-state index contributed by atoms with van der Waals surface area (Å²) in [5.74, 6) is -0.193. The fraction of sp³-hybridized carbons (Fsp3) is 0.0667. The van der Waals surface area contributed by atoms with Crippen molar-refractivity contribution in [1.82, 2.24) is 0 Å². The predicted octanol–water partition coefficient (Wildman–Crippen LogP) is 6.05. The maximum Gasteiger partial charge on any atom is 0.124 e. The minimum atomic E-state index is -0.193. The Morgan fingerprint density at radius 1 is 1.11 bits per heavy atom. The number of benzene rings is 2. The van der Waals surface area contributed by atoms with Crippen molar-refractivity contribution in [2.24, 2.45) is 0 Å². The van der Waals surface area contributed by atoms with Gasteiger partial charge in [0.15, 0.2) is 0 Å². The van der Waals surface area contributed by atoms with Crippen molar-refractivity contribution in [1.29, 1.82) is 0 Å². The smallest absolute Gasteiger partial charge is 0.124 e. The van der Waals surface area contributed by atoms with E-state index in [-0.39, 0.29) is 5.82 Å². The molecule has 0 amide bonds. The largest absolute Gasteiger partial charge is 0.207 e. The van der Waals surface area contributed by atoms with Crippen LogP contribution in [-0.4, -0.2) is 0 Å². The molecule has 0 bridgehead atoms. The molecule has 0 spiro atoms. The first-order valence-electron chi connectivity index (χ1n) is 5.74. The number of halogens is 3. The van der Waals surface area contributed by atoms with Gasteiger partial charge in [0.25, 0.3) is 0 Å². The first kappa shape index (κ1) is 13.1. The van der Waals surface area contributed by atoms with E-state index in [2.05, 4.69) is 22.0 Å². The molecule has 4 heteroatoms. The summed E-state index contributed by atoms with van der Waals surface area (Å²) in [6.45, 7) is 0. The highest BCUT2D eigenvalue weighted by Crippen LogP contribution is 2.30. The van der Waals surface area contributed by atoms with E-state index in [9.17, 15) is 4.39 Å². The van der Waals surface area contributed by atoms with E-state index in [1.54, 1.807) is 17.4 Å². The van der Waals surface area contributed by atoms with Crippen molar-refractivity contribution in [3.8, 4) is 0 Å². The van der Waals surface area contributed by atoms with Crippen LogP contribution in [0.2, 0.25) is 5.02 Å². The Labute approximate surface area is 128 Å². The van der Waals surface area contributed by atoms with E-state index in [0.29, 0.717) is 0 Å². The first-order chi connectivity index (χ1) is 9.11. The molecular formula is C15H9BrClFS. The summed E-state index contributed by atoms with van der Waals surface area (Å²) < 4.78 is 15.2. The first-order valence-corrected chi connectivity index (χ1v) is 7.72. The van der Waals surface area contributed by atoms with Crippen LogP contribution in [0.15, 0.2) is 46.9 Å². The molecule has 96 valence electrons. The molecule has 2 aromatic carbocycles. The summed E-state index contributed by atoms with van der Waals surface area (Å²) in [4.78, 5) is 1.18. The Morgan fingerprint density at radius 3 is 2.79 bits per heavy atom. The van der Waals surface area contributed by atoms with Crippen molar-refractivity contribution >= 4 is 49.0 Å². The molecular weight excluding hydrogens is 347 g/mol. The molecule has 0 aliphatic carbocycles. The lowest BCUT2D eigenvalue weighted by molar-refractivity contribution is 0.630. The van der Waals surface area contributed by atoms with E-state index in [4.69, 9.17) is 11.6 Å². The predicted molar refractivity (Wildman–Crippen MR) is 83.7 cm³/mol. The summed E-state index contributed by atoms with van der Waals surface area (Å²) in [5, 5.41) is 1.83. The number of hydrogen-bond acceptors (Lipinski definition) is 1. The fourth-order valence-corrected chi connectivity index (χ4v) is 3.72. The second-order valence-electron chi connectivity index (χ2n) is 4.31. The normalized spacial score (nSPS) is 11.1. The molecule has 0 atom stereocenters. The van der Waals surface area contributed by atoms with Gasteiger partial charge >= 0.3 is 0 Å². The Morgan fingerprint density at radius 2 is 1.95 bits per heavy atom. The maximum atomic E-state index is 13.2. The molecule has 0 aliphatic rings. The van der Waals surface area contributed by atoms with Crippen LogP contribution in [0.25, 0.3) is 10.1 Å². The second-order valence-corrected chi connectivity index (χ2v) is 6.80. The van der Waals surface area contributed by atoms with Gasteiger partial charge in [-0.2, -0.15) is 0 Å². The van der Waals surface area contributed by atoms with Gasteiger partial charge in [-0.3, -0.25) is 0 Å². The zero-order valence-electron chi connectivity index (χ0n) is 9.79. The molecule has 1 aromatic heterocycles. The lowest BCUT2D eigenvalue weighted by Gasteiger charge is -2.02.